The van der Waals surface area contributed by atoms with Crippen LogP contribution in [0.25, 0.3) is 16.9 Å². The highest BCUT2D eigenvalue weighted by Crippen LogP contribution is 2.28. The van der Waals surface area contributed by atoms with Crippen molar-refractivity contribution in [3.63, 3.8) is 0 Å². The lowest BCUT2D eigenvalue weighted by atomic mass is 10.1. The standard InChI is InChI=1S/C24H21N3O3S/c1-30-22-11-7-6-10-21(22)25-24(28)20-16-27(18-8-4-3-5-9-18)26-23(20)17-12-14-19(15-13-17)31(2)29/h3-16H,1-2H3,(H,25,28). The van der Waals surface area contributed by atoms with Crippen LogP contribution >= 0.6 is 0 Å². The molecule has 31 heavy (non-hydrogen) atoms. The Morgan fingerprint density at radius 2 is 1.65 bits per heavy atom. The van der Waals surface area contributed by atoms with Crippen LogP contribution in [0, 0.1) is 0 Å². The van der Waals surface area contributed by atoms with Crippen LogP contribution in [0.4, 0.5) is 5.69 Å². The number of benzene rings is 3. The molecular formula is C24H21N3O3S. The molecule has 0 saturated carbocycles. The molecule has 7 heteroatoms. The summed E-state index contributed by atoms with van der Waals surface area (Å²) >= 11 is 0. The lowest BCUT2D eigenvalue weighted by molar-refractivity contribution is 0.102. The van der Waals surface area contributed by atoms with E-state index in [1.807, 2.05) is 54.6 Å². The maximum absolute atomic E-state index is 13.2. The van der Waals surface area contributed by atoms with Crippen LogP contribution < -0.4 is 10.1 Å². The number of ether oxygens (including phenoxy) is 1. The predicted octanol–water partition coefficient (Wildman–Crippen LogP) is 4.54. The van der Waals surface area contributed by atoms with E-state index in [0.717, 1.165) is 11.3 Å². The van der Waals surface area contributed by atoms with Crippen molar-refractivity contribution in [3.8, 4) is 22.7 Å². The van der Waals surface area contributed by atoms with Crippen LogP contribution in [0.3, 0.4) is 0 Å². The SMILES string of the molecule is COc1ccccc1NC(=O)c1cn(-c2ccccc2)nc1-c1ccc(S(C)=O)cc1. The van der Waals surface area contributed by atoms with Gasteiger partial charge >= 0.3 is 0 Å². The van der Waals surface area contributed by atoms with Crippen molar-refractivity contribution < 1.29 is 13.7 Å². The number of anilines is 1. The zero-order valence-corrected chi connectivity index (χ0v) is 17.9. The number of rotatable bonds is 6. The van der Waals surface area contributed by atoms with Gasteiger partial charge in [0.05, 0.1) is 24.0 Å². The van der Waals surface area contributed by atoms with Gasteiger partial charge in [-0.05, 0) is 36.4 Å². The van der Waals surface area contributed by atoms with E-state index in [4.69, 9.17) is 4.74 Å². The average molecular weight is 432 g/mol. The van der Waals surface area contributed by atoms with Gasteiger partial charge in [0.2, 0.25) is 0 Å². The summed E-state index contributed by atoms with van der Waals surface area (Å²) in [5, 5.41) is 7.60. The molecule has 0 aliphatic carbocycles. The Morgan fingerprint density at radius 3 is 2.32 bits per heavy atom. The molecule has 1 heterocycles. The molecule has 156 valence electrons. The molecule has 0 radical (unpaired) electrons. The van der Waals surface area contributed by atoms with Gasteiger partial charge in [-0.15, -0.1) is 0 Å². The summed E-state index contributed by atoms with van der Waals surface area (Å²) in [6.45, 7) is 0. The van der Waals surface area contributed by atoms with Gasteiger partial charge in [-0.1, -0.05) is 42.5 Å². The van der Waals surface area contributed by atoms with Crippen LogP contribution in [0.2, 0.25) is 0 Å². The second kappa shape index (κ2) is 8.97. The van der Waals surface area contributed by atoms with Crippen molar-refractivity contribution in [2.45, 2.75) is 4.90 Å². The number of carbonyl (C=O) groups excluding carboxylic acids is 1. The Morgan fingerprint density at radius 1 is 0.968 bits per heavy atom. The van der Waals surface area contributed by atoms with Crippen molar-refractivity contribution in [1.82, 2.24) is 9.78 Å². The van der Waals surface area contributed by atoms with Gasteiger partial charge in [0.25, 0.3) is 5.91 Å². The predicted molar refractivity (Wildman–Crippen MR) is 122 cm³/mol. The highest BCUT2D eigenvalue weighted by molar-refractivity contribution is 7.84. The zero-order valence-electron chi connectivity index (χ0n) is 17.1. The van der Waals surface area contributed by atoms with E-state index in [0.29, 0.717) is 27.6 Å². The molecule has 0 aliphatic rings. The Balaban J connectivity index is 1.77. The van der Waals surface area contributed by atoms with E-state index >= 15 is 0 Å². The largest absolute Gasteiger partial charge is 0.495 e. The smallest absolute Gasteiger partial charge is 0.259 e. The third-order valence-electron chi connectivity index (χ3n) is 4.79. The third kappa shape index (κ3) is 4.41. The van der Waals surface area contributed by atoms with E-state index in [-0.39, 0.29) is 5.91 Å². The molecule has 4 aromatic rings. The minimum atomic E-state index is -1.08. The van der Waals surface area contributed by atoms with Gasteiger partial charge in [0, 0.05) is 33.7 Å². The second-order valence-electron chi connectivity index (χ2n) is 6.80. The molecule has 0 saturated heterocycles. The van der Waals surface area contributed by atoms with Gasteiger partial charge in [-0.2, -0.15) is 5.10 Å². The van der Waals surface area contributed by atoms with Gasteiger partial charge in [-0.3, -0.25) is 9.00 Å². The summed E-state index contributed by atoms with van der Waals surface area (Å²) in [5.41, 5.74) is 3.12. The number of hydrogen-bond donors (Lipinski definition) is 1. The summed E-state index contributed by atoms with van der Waals surface area (Å²) in [6.07, 6.45) is 3.34. The number of methoxy groups -OCH3 is 1. The first-order chi connectivity index (χ1) is 15.1. The van der Waals surface area contributed by atoms with Crippen LogP contribution in [0.1, 0.15) is 10.4 Å². The molecular weight excluding hydrogens is 410 g/mol. The maximum atomic E-state index is 13.2. The molecule has 0 spiro atoms. The van der Waals surface area contributed by atoms with E-state index in [9.17, 15) is 9.00 Å². The van der Waals surface area contributed by atoms with Gasteiger partial charge in [-0.25, -0.2) is 4.68 Å². The molecule has 0 fully saturated rings. The highest BCUT2D eigenvalue weighted by Gasteiger charge is 2.20. The second-order valence-corrected chi connectivity index (χ2v) is 8.18. The van der Waals surface area contributed by atoms with Crippen LogP contribution in [-0.4, -0.2) is 33.3 Å². The average Bonchev–Trinajstić information content (AvgIpc) is 3.26. The normalized spacial score (nSPS) is 11.7. The van der Waals surface area contributed by atoms with E-state index in [2.05, 4.69) is 10.4 Å². The zero-order chi connectivity index (χ0) is 21.8. The minimum absolute atomic E-state index is 0.301. The van der Waals surface area contributed by atoms with Gasteiger partial charge in [0.15, 0.2) is 0 Å². The summed E-state index contributed by atoms with van der Waals surface area (Å²) < 4.78 is 18.8. The molecule has 0 bridgehead atoms. The molecule has 0 aliphatic heterocycles. The van der Waals surface area contributed by atoms with Crippen LogP contribution in [0.5, 0.6) is 5.75 Å². The number of hydrogen-bond acceptors (Lipinski definition) is 4. The van der Waals surface area contributed by atoms with E-state index in [1.54, 1.807) is 48.5 Å². The van der Waals surface area contributed by atoms with E-state index in [1.165, 1.54) is 0 Å². The van der Waals surface area contributed by atoms with Crippen molar-refractivity contribution in [2.75, 3.05) is 18.7 Å². The maximum Gasteiger partial charge on any atom is 0.259 e. The summed E-state index contributed by atoms with van der Waals surface area (Å²) in [4.78, 5) is 13.9. The molecule has 1 amide bonds. The van der Waals surface area contributed by atoms with Crippen molar-refractivity contribution >= 4 is 22.4 Å². The fraction of sp³-hybridized carbons (Fsp3) is 0.0833. The fourth-order valence-electron chi connectivity index (χ4n) is 3.21. The minimum Gasteiger partial charge on any atom is -0.495 e. The van der Waals surface area contributed by atoms with Crippen LogP contribution in [0.15, 0.2) is 90.0 Å². The summed E-state index contributed by atoms with van der Waals surface area (Å²) in [5.74, 6) is 0.271. The number of para-hydroxylation sites is 3. The molecule has 4 rings (SSSR count). The van der Waals surface area contributed by atoms with Crippen LogP contribution in [-0.2, 0) is 10.8 Å². The molecule has 1 N–H and O–H groups in total. The topological polar surface area (TPSA) is 73.2 Å². The number of aromatic nitrogens is 2. The monoisotopic (exact) mass is 431 g/mol. The molecule has 6 nitrogen and oxygen atoms in total. The summed E-state index contributed by atoms with van der Waals surface area (Å²) in [7, 11) is 0.477. The third-order valence-corrected chi connectivity index (χ3v) is 5.73. The number of nitrogens with one attached hydrogen (secondary N) is 1. The van der Waals surface area contributed by atoms with Gasteiger partial charge < -0.3 is 10.1 Å². The van der Waals surface area contributed by atoms with Crippen molar-refractivity contribution in [2.24, 2.45) is 0 Å². The molecule has 1 unspecified atom stereocenters. The fourth-order valence-corrected chi connectivity index (χ4v) is 3.73. The highest BCUT2D eigenvalue weighted by atomic mass is 32.2. The number of nitrogens with zero attached hydrogens (tertiary/aromatic N) is 2. The molecule has 3 aromatic carbocycles. The van der Waals surface area contributed by atoms with Crippen molar-refractivity contribution in [3.05, 3.63) is 90.6 Å². The Bertz CT molecular complexity index is 1230. The Kier molecular flexibility index (Phi) is 5.95. The quantitative estimate of drug-likeness (QED) is 0.487. The first-order valence-electron chi connectivity index (χ1n) is 9.60. The van der Waals surface area contributed by atoms with Gasteiger partial charge in [0.1, 0.15) is 11.4 Å². The first-order valence-corrected chi connectivity index (χ1v) is 11.2. The number of amides is 1. The van der Waals surface area contributed by atoms with Crippen molar-refractivity contribution in [1.29, 1.82) is 0 Å². The summed E-state index contributed by atoms with van der Waals surface area (Å²) in [6, 6.07) is 24.1. The molecule has 1 aromatic heterocycles. The first kappa shape index (κ1) is 20.6. The number of carbonyl (C=O) groups is 1. The lowest BCUT2D eigenvalue weighted by Crippen LogP contribution is -2.13. The Labute approximate surface area is 183 Å². The lowest BCUT2D eigenvalue weighted by Gasteiger charge is -2.09. The molecule has 1 atom stereocenters. The Hall–Kier alpha value is -3.71. The van der Waals surface area contributed by atoms with E-state index < -0.39 is 10.8 Å².